The Labute approximate surface area is 195 Å². The molecule has 0 aliphatic rings. The maximum absolute atomic E-state index is 15.0. The SMILES string of the molecule is CCC(P(=O)(Oc1ccccc1)Oc1ccccc1)P(=O)(c1ccccc1)c1ccccc1. The third kappa shape index (κ3) is 4.98. The van der Waals surface area contributed by atoms with Gasteiger partial charge >= 0.3 is 7.60 Å². The molecule has 0 saturated heterocycles. The highest BCUT2D eigenvalue weighted by molar-refractivity contribution is 7.87. The van der Waals surface area contributed by atoms with Crippen molar-refractivity contribution in [1.82, 2.24) is 0 Å². The zero-order valence-electron chi connectivity index (χ0n) is 18.4. The van der Waals surface area contributed by atoms with Crippen LogP contribution in [0.4, 0.5) is 0 Å². The fraction of sp³-hybridized carbons (Fsp3) is 0.111. The quantitative estimate of drug-likeness (QED) is 0.242. The summed E-state index contributed by atoms with van der Waals surface area (Å²) >= 11 is 0. The molecule has 0 heterocycles. The van der Waals surface area contributed by atoms with E-state index in [0.717, 1.165) is 0 Å². The zero-order chi connectivity index (χ0) is 23.2. The molecular formula is C27H26O4P2. The molecule has 1 atom stereocenters. The van der Waals surface area contributed by atoms with Gasteiger partial charge in [0.1, 0.15) is 16.9 Å². The Morgan fingerprint density at radius 2 is 0.909 bits per heavy atom. The van der Waals surface area contributed by atoms with Gasteiger partial charge in [-0.25, -0.2) is 4.57 Å². The minimum atomic E-state index is -3.99. The Morgan fingerprint density at radius 1 is 0.576 bits per heavy atom. The summed E-state index contributed by atoms with van der Waals surface area (Å²) in [6, 6.07) is 36.3. The lowest BCUT2D eigenvalue weighted by Crippen LogP contribution is -2.28. The summed E-state index contributed by atoms with van der Waals surface area (Å²) in [5.74, 6) is 0.811. The molecule has 4 aromatic rings. The van der Waals surface area contributed by atoms with Crippen molar-refractivity contribution in [2.24, 2.45) is 0 Å². The molecule has 0 amide bonds. The second-order valence-electron chi connectivity index (χ2n) is 7.57. The molecule has 4 aromatic carbocycles. The van der Waals surface area contributed by atoms with Gasteiger partial charge in [0.2, 0.25) is 0 Å². The standard InChI is InChI=1S/C27H26O4P2/c1-2-27(32(28,25-19-11-5-12-20-25)26-21-13-6-14-22-26)33(29,30-23-15-7-3-8-16-23)31-24-17-9-4-10-18-24/h3-22,27H,2H2,1H3. The maximum atomic E-state index is 15.0. The Balaban J connectivity index is 1.90. The smallest absolute Gasteiger partial charge is 0.416 e. The first kappa shape index (κ1) is 23.1. The first-order valence-corrected chi connectivity index (χ1v) is 14.2. The Morgan fingerprint density at radius 3 is 1.24 bits per heavy atom. The molecule has 4 nitrogen and oxygen atoms in total. The summed E-state index contributed by atoms with van der Waals surface area (Å²) in [6.07, 6.45) is 0.331. The third-order valence-electron chi connectivity index (χ3n) is 5.38. The van der Waals surface area contributed by atoms with Crippen LogP contribution in [0.25, 0.3) is 0 Å². The van der Waals surface area contributed by atoms with E-state index in [1.54, 1.807) is 48.5 Å². The van der Waals surface area contributed by atoms with E-state index in [4.69, 9.17) is 9.05 Å². The van der Waals surface area contributed by atoms with E-state index in [1.807, 2.05) is 79.7 Å². The molecule has 0 bridgehead atoms. The van der Waals surface area contributed by atoms with E-state index in [0.29, 0.717) is 28.5 Å². The second kappa shape index (κ2) is 10.3. The second-order valence-corrected chi connectivity index (χ2v) is 13.0. The fourth-order valence-corrected chi connectivity index (χ4v) is 10.8. The summed E-state index contributed by atoms with van der Waals surface area (Å²) in [6.45, 7) is 1.87. The van der Waals surface area contributed by atoms with Crippen molar-refractivity contribution in [2.45, 2.75) is 18.7 Å². The highest BCUT2D eigenvalue weighted by atomic mass is 31.2. The summed E-state index contributed by atoms with van der Waals surface area (Å²) in [4.78, 5) is 0. The third-order valence-corrected chi connectivity index (χ3v) is 12.6. The normalized spacial score (nSPS) is 12.6. The molecule has 168 valence electrons. The van der Waals surface area contributed by atoms with Gasteiger partial charge in [0.05, 0.1) is 0 Å². The lowest BCUT2D eigenvalue weighted by atomic mass is 10.3. The highest BCUT2D eigenvalue weighted by Gasteiger charge is 2.51. The number of benzene rings is 4. The van der Waals surface area contributed by atoms with Gasteiger partial charge in [0, 0.05) is 10.6 Å². The van der Waals surface area contributed by atoms with Crippen LogP contribution in [0, 0.1) is 0 Å². The van der Waals surface area contributed by atoms with E-state index in [9.17, 15) is 4.57 Å². The molecular weight excluding hydrogens is 450 g/mol. The topological polar surface area (TPSA) is 52.6 Å². The molecule has 6 heteroatoms. The molecule has 1 unspecified atom stereocenters. The first-order chi connectivity index (χ1) is 16.1. The van der Waals surface area contributed by atoms with E-state index < -0.39 is 20.1 Å². The lowest BCUT2D eigenvalue weighted by Gasteiger charge is -2.33. The maximum Gasteiger partial charge on any atom is 0.441 e. The van der Waals surface area contributed by atoms with Crippen LogP contribution < -0.4 is 19.7 Å². The molecule has 0 aromatic heterocycles. The molecule has 0 spiro atoms. The van der Waals surface area contributed by atoms with E-state index in [1.165, 1.54) is 0 Å². The van der Waals surface area contributed by atoms with Gasteiger partial charge in [-0.15, -0.1) is 0 Å². The number of para-hydroxylation sites is 2. The van der Waals surface area contributed by atoms with Crippen LogP contribution in [0.5, 0.6) is 11.5 Å². The highest BCUT2D eigenvalue weighted by Crippen LogP contribution is 2.68. The van der Waals surface area contributed by atoms with Gasteiger partial charge in [0.15, 0.2) is 7.14 Å². The van der Waals surface area contributed by atoms with Gasteiger partial charge in [-0.3, -0.25) is 0 Å². The Hall–Kier alpha value is -3.06. The first-order valence-electron chi connectivity index (χ1n) is 10.9. The molecule has 0 fully saturated rings. The summed E-state index contributed by atoms with van der Waals surface area (Å²) in [5, 5.41) is 0.350. The van der Waals surface area contributed by atoms with E-state index in [2.05, 4.69) is 0 Å². The average molecular weight is 476 g/mol. The lowest BCUT2D eigenvalue weighted by molar-refractivity contribution is 0.380. The molecule has 0 N–H and O–H groups in total. The summed E-state index contributed by atoms with van der Waals surface area (Å²) < 4.78 is 41.9. The van der Waals surface area contributed by atoms with Crippen LogP contribution in [-0.4, -0.2) is 5.40 Å². The van der Waals surface area contributed by atoms with Gasteiger partial charge in [0.25, 0.3) is 0 Å². The van der Waals surface area contributed by atoms with Crippen LogP contribution in [0.3, 0.4) is 0 Å². The minimum Gasteiger partial charge on any atom is -0.416 e. The van der Waals surface area contributed by atoms with Crippen molar-refractivity contribution in [3.8, 4) is 11.5 Å². The molecule has 4 rings (SSSR count). The van der Waals surface area contributed by atoms with Gasteiger partial charge in [-0.1, -0.05) is 104 Å². The van der Waals surface area contributed by atoms with Crippen LogP contribution in [0.15, 0.2) is 121 Å². The van der Waals surface area contributed by atoms with Gasteiger partial charge in [-0.2, -0.15) is 0 Å². The predicted octanol–water partition coefficient (Wildman–Crippen LogP) is 7.09. The van der Waals surface area contributed by atoms with Crippen molar-refractivity contribution < 1.29 is 18.2 Å². The van der Waals surface area contributed by atoms with Gasteiger partial charge < -0.3 is 13.6 Å². The monoisotopic (exact) mass is 476 g/mol. The molecule has 0 saturated carbocycles. The average Bonchev–Trinajstić information content (AvgIpc) is 2.86. The Kier molecular flexibility index (Phi) is 7.18. The zero-order valence-corrected chi connectivity index (χ0v) is 20.1. The molecule has 0 radical (unpaired) electrons. The van der Waals surface area contributed by atoms with Crippen LogP contribution in [0.2, 0.25) is 0 Å². The van der Waals surface area contributed by atoms with Crippen molar-refractivity contribution in [3.63, 3.8) is 0 Å². The van der Waals surface area contributed by atoms with Crippen molar-refractivity contribution in [3.05, 3.63) is 121 Å². The molecule has 0 aliphatic carbocycles. The van der Waals surface area contributed by atoms with Crippen molar-refractivity contribution >= 4 is 25.3 Å². The number of rotatable bonds is 9. The van der Waals surface area contributed by atoms with E-state index in [-0.39, 0.29) is 0 Å². The minimum absolute atomic E-state index is 0.331. The number of hydrogen-bond acceptors (Lipinski definition) is 4. The Bertz CT molecular complexity index is 1160. The largest absolute Gasteiger partial charge is 0.441 e. The van der Waals surface area contributed by atoms with Crippen molar-refractivity contribution in [1.29, 1.82) is 0 Å². The molecule has 33 heavy (non-hydrogen) atoms. The van der Waals surface area contributed by atoms with E-state index >= 15 is 4.57 Å². The fourth-order valence-electron chi connectivity index (χ4n) is 3.87. The predicted molar refractivity (Wildman–Crippen MR) is 136 cm³/mol. The molecule has 0 aliphatic heterocycles. The van der Waals surface area contributed by atoms with Crippen molar-refractivity contribution in [2.75, 3.05) is 0 Å². The van der Waals surface area contributed by atoms with Crippen LogP contribution in [-0.2, 0) is 9.13 Å². The number of hydrogen-bond donors (Lipinski definition) is 0. The van der Waals surface area contributed by atoms with Crippen LogP contribution in [0.1, 0.15) is 13.3 Å². The van der Waals surface area contributed by atoms with Crippen LogP contribution >= 0.6 is 14.7 Å². The summed E-state index contributed by atoms with van der Waals surface area (Å²) in [5.41, 5.74) is 0. The van der Waals surface area contributed by atoms with Gasteiger partial charge in [-0.05, 0) is 30.7 Å². The summed E-state index contributed by atoms with van der Waals surface area (Å²) in [7, 11) is -7.43.